The molecule has 0 atom stereocenters. The number of aryl methyl sites for hydroxylation is 1. The summed E-state index contributed by atoms with van der Waals surface area (Å²) in [5.74, 6) is -0.210. The maximum absolute atomic E-state index is 13.3. The van der Waals surface area contributed by atoms with Crippen molar-refractivity contribution in [1.82, 2.24) is 10.3 Å². The Morgan fingerprint density at radius 2 is 2.16 bits per heavy atom. The lowest BCUT2D eigenvalue weighted by Gasteiger charge is -2.00. The second-order valence-corrected chi connectivity index (χ2v) is 5.51. The largest absolute Gasteiger partial charge is 0.312 e. The van der Waals surface area contributed by atoms with Gasteiger partial charge >= 0.3 is 0 Å². The summed E-state index contributed by atoms with van der Waals surface area (Å²) in [7, 11) is 0. The number of nitrogens with zero attached hydrogens (tertiary/aromatic N) is 1. The van der Waals surface area contributed by atoms with Crippen molar-refractivity contribution >= 4 is 11.3 Å². The van der Waals surface area contributed by atoms with Crippen molar-refractivity contribution in [2.75, 3.05) is 6.54 Å². The van der Waals surface area contributed by atoms with E-state index in [0.717, 1.165) is 42.2 Å². The summed E-state index contributed by atoms with van der Waals surface area (Å²) in [5, 5.41) is 4.25. The van der Waals surface area contributed by atoms with Crippen LogP contribution in [0.2, 0.25) is 0 Å². The minimum atomic E-state index is -0.210. The number of hydrogen-bond donors (Lipinski definition) is 1. The van der Waals surface area contributed by atoms with Crippen LogP contribution in [0.3, 0.4) is 0 Å². The van der Waals surface area contributed by atoms with Crippen molar-refractivity contribution in [2.24, 2.45) is 0 Å². The van der Waals surface area contributed by atoms with Crippen LogP contribution in [0, 0.1) is 5.82 Å². The molecular formula is C15H19FN2S. The number of thiazole rings is 1. The van der Waals surface area contributed by atoms with Gasteiger partial charge in [0.25, 0.3) is 0 Å². The molecule has 0 aliphatic heterocycles. The van der Waals surface area contributed by atoms with Gasteiger partial charge in [0.1, 0.15) is 10.8 Å². The zero-order valence-electron chi connectivity index (χ0n) is 11.4. The molecule has 0 fully saturated rings. The number of benzene rings is 1. The molecule has 0 saturated carbocycles. The Kier molecular flexibility index (Phi) is 5.05. The lowest BCUT2D eigenvalue weighted by Crippen LogP contribution is -2.11. The van der Waals surface area contributed by atoms with Gasteiger partial charge in [-0.1, -0.05) is 32.4 Å². The van der Waals surface area contributed by atoms with E-state index in [1.807, 2.05) is 6.07 Å². The molecule has 2 aromatic rings. The van der Waals surface area contributed by atoms with E-state index in [1.165, 1.54) is 10.9 Å². The van der Waals surface area contributed by atoms with Crippen LogP contribution in [0.5, 0.6) is 0 Å². The summed E-state index contributed by atoms with van der Waals surface area (Å²) in [6, 6.07) is 6.65. The first-order chi connectivity index (χ1) is 9.24. The van der Waals surface area contributed by atoms with Gasteiger partial charge in [-0.05, 0) is 25.1 Å². The van der Waals surface area contributed by atoms with Crippen molar-refractivity contribution < 1.29 is 4.39 Å². The van der Waals surface area contributed by atoms with Gasteiger partial charge in [-0.2, -0.15) is 0 Å². The summed E-state index contributed by atoms with van der Waals surface area (Å²) in [4.78, 5) is 5.94. The number of halogens is 1. The fraction of sp³-hybridized carbons (Fsp3) is 0.400. The topological polar surface area (TPSA) is 24.9 Å². The monoisotopic (exact) mass is 278 g/mol. The molecular weight excluding hydrogens is 259 g/mol. The first-order valence-corrected chi connectivity index (χ1v) is 7.51. The average molecular weight is 278 g/mol. The third-order valence-corrected chi connectivity index (χ3v) is 4.02. The van der Waals surface area contributed by atoms with Crippen molar-refractivity contribution in [2.45, 2.75) is 33.2 Å². The van der Waals surface area contributed by atoms with Crippen LogP contribution in [-0.4, -0.2) is 11.5 Å². The molecule has 0 bridgehead atoms. The first kappa shape index (κ1) is 14.2. The average Bonchev–Trinajstić information content (AvgIpc) is 2.80. The Hall–Kier alpha value is -1.26. The predicted octanol–water partition coefficient (Wildman–Crippen LogP) is 4.01. The van der Waals surface area contributed by atoms with E-state index >= 15 is 0 Å². The lowest BCUT2D eigenvalue weighted by molar-refractivity contribution is 0.628. The van der Waals surface area contributed by atoms with Crippen LogP contribution in [0.1, 0.15) is 30.8 Å². The highest BCUT2D eigenvalue weighted by Gasteiger charge is 2.12. The van der Waals surface area contributed by atoms with Gasteiger partial charge in [0.05, 0.1) is 5.69 Å². The zero-order valence-corrected chi connectivity index (χ0v) is 12.2. The van der Waals surface area contributed by atoms with Crippen LogP contribution < -0.4 is 5.32 Å². The summed E-state index contributed by atoms with van der Waals surface area (Å²) < 4.78 is 13.3. The van der Waals surface area contributed by atoms with Crippen molar-refractivity contribution in [1.29, 1.82) is 0 Å². The van der Waals surface area contributed by atoms with E-state index in [-0.39, 0.29) is 5.82 Å². The molecule has 4 heteroatoms. The van der Waals surface area contributed by atoms with E-state index in [1.54, 1.807) is 23.5 Å². The van der Waals surface area contributed by atoms with Crippen molar-refractivity contribution in [3.8, 4) is 10.6 Å². The second-order valence-electron chi connectivity index (χ2n) is 4.43. The molecule has 1 aromatic carbocycles. The van der Waals surface area contributed by atoms with E-state index < -0.39 is 0 Å². The van der Waals surface area contributed by atoms with Gasteiger partial charge in [0.15, 0.2) is 0 Å². The molecule has 0 amide bonds. The Bertz CT molecular complexity index is 537. The summed E-state index contributed by atoms with van der Waals surface area (Å²) >= 11 is 1.66. The third-order valence-electron chi connectivity index (χ3n) is 2.87. The van der Waals surface area contributed by atoms with Crippen molar-refractivity contribution in [3.05, 3.63) is 40.7 Å². The highest BCUT2D eigenvalue weighted by Crippen LogP contribution is 2.29. The van der Waals surface area contributed by atoms with E-state index in [2.05, 4.69) is 24.1 Å². The fourth-order valence-corrected chi connectivity index (χ4v) is 3.01. The van der Waals surface area contributed by atoms with Crippen LogP contribution in [-0.2, 0) is 13.0 Å². The van der Waals surface area contributed by atoms with Gasteiger partial charge in [0.2, 0.25) is 0 Å². The van der Waals surface area contributed by atoms with Crippen molar-refractivity contribution in [3.63, 3.8) is 0 Å². The SMILES string of the molecule is CCCc1nc(-c2cccc(F)c2)sc1CNCC. The second kappa shape index (κ2) is 6.78. The van der Waals surface area contributed by atoms with Crippen LogP contribution in [0.4, 0.5) is 4.39 Å². The number of rotatable bonds is 6. The maximum Gasteiger partial charge on any atom is 0.124 e. The Morgan fingerprint density at radius 1 is 1.32 bits per heavy atom. The van der Waals surface area contributed by atoms with Crippen LogP contribution in [0.25, 0.3) is 10.6 Å². The number of hydrogen-bond acceptors (Lipinski definition) is 3. The normalized spacial score (nSPS) is 10.9. The van der Waals surface area contributed by atoms with Crippen LogP contribution >= 0.6 is 11.3 Å². The standard InChI is InChI=1S/C15H19FN2S/c1-3-6-13-14(10-17-4-2)19-15(18-13)11-7-5-8-12(16)9-11/h5,7-9,17H,3-4,6,10H2,1-2H3. The summed E-state index contributed by atoms with van der Waals surface area (Å²) in [5.41, 5.74) is 2.01. The molecule has 1 heterocycles. The molecule has 0 saturated heterocycles. The molecule has 0 aliphatic rings. The highest BCUT2D eigenvalue weighted by atomic mass is 32.1. The number of aromatic nitrogens is 1. The van der Waals surface area contributed by atoms with E-state index in [9.17, 15) is 4.39 Å². The Balaban J connectivity index is 2.30. The lowest BCUT2D eigenvalue weighted by atomic mass is 10.2. The minimum absolute atomic E-state index is 0.210. The fourth-order valence-electron chi connectivity index (χ4n) is 1.94. The zero-order chi connectivity index (χ0) is 13.7. The third kappa shape index (κ3) is 3.61. The van der Waals surface area contributed by atoms with Gasteiger partial charge < -0.3 is 5.32 Å². The van der Waals surface area contributed by atoms with E-state index in [4.69, 9.17) is 0 Å². The maximum atomic E-state index is 13.3. The quantitative estimate of drug-likeness (QED) is 0.863. The smallest absolute Gasteiger partial charge is 0.124 e. The molecule has 2 nitrogen and oxygen atoms in total. The molecule has 0 unspecified atom stereocenters. The summed E-state index contributed by atoms with van der Waals surface area (Å²) in [6.07, 6.45) is 2.05. The van der Waals surface area contributed by atoms with E-state index in [0.29, 0.717) is 0 Å². The Morgan fingerprint density at radius 3 is 2.84 bits per heavy atom. The predicted molar refractivity (Wildman–Crippen MR) is 78.9 cm³/mol. The van der Waals surface area contributed by atoms with Gasteiger partial charge in [-0.25, -0.2) is 9.37 Å². The number of nitrogens with one attached hydrogen (secondary N) is 1. The minimum Gasteiger partial charge on any atom is -0.312 e. The Labute approximate surface area is 117 Å². The molecule has 102 valence electrons. The van der Waals surface area contributed by atoms with Gasteiger partial charge in [-0.15, -0.1) is 11.3 Å². The van der Waals surface area contributed by atoms with Gasteiger partial charge in [-0.3, -0.25) is 0 Å². The molecule has 19 heavy (non-hydrogen) atoms. The van der Waals surface area contributed by atoms with Crippen LogP contribution in [0.15, 0.2) is 24.3 Å². The highest BCUT2D eigenvalue weighted by molar-refractivity contribution is 7.15. The first-order valence-electron chi connectivity index (χ1n) is 6.69. The molecule has 0 spiro atoms. The molecule has 1 N–H and O–H groups in total. The molecule has 0 aliphatic carbocycles. The molecule has 0 radical (unpaired) electrons. The summed E-state index contributed by atoms with van der Waals surface area (Å²) in [6.45, 7) is 6.03. The molecule has 2 rings (SSSR count). The van der Waals surface area contributed by atoms with Gasteiger partial charge in [0, 0.05) is 17.0 Å². The molecule has 1 aromatic heterocycles.